The number of nitrogens with two attached hydrogens (primary N) is 1. The van der Waals surface area contributed by atoms with Crippen LogP contribution in [0.1, 0.15) is 37.5 Å². The van der Waals surface area contributed by atoms with Crippen LogP contribution in [0.5, 0.6) is 0 Å². The molecule has 2 aromatic carbocycles. The van der Waals surface area contributed by atoms with E-state index < -0.39 is 0 Å². The summed E-state index contributed by atoms with van der Waals surface area (Å²) in [6, 6.07) is 14.6. The van der Waals surface area contributed by atoms with E-state index in [0.717, 1.165) is 30.6 Å². The summed E-state index contributed by atoms with van der Waals surface area (Å²) in [6.07, 6.45) is 3.02. The van der Waals surface area contributed by atoms with Gasteiger partial charge in [0.15, 0.2) is 5.96 Å². The van der Waals surface area contributed by atoms with E-state index in [0.29, 0.717) is 5.96 Å². The molecule has 3 nitrogen and oxygen atoms in total. The molecule has 124 valence electrons. The van der Waals surface area contributed by atoms with Crippen molar-refractivity contribution in [2.75, 3.05) is 5.32 Å². The fraction of sp³-hybridized carbons (Fsp3) is 0.316. The summed E-state index contributed by atoms with van der Waals surface area (Å²) in [6.45, 7) is 6.45. The Morgan fingerprint density at radius 3 is 2.09 bits per heavy atom. The van der Waals surface area contributed by atoms with E-state index >= 15 is 0 Å². The van der Waals surface area contributed by atoms with Crippen molar-refractivity contribution < 1.29 is 0 Å². The number of halogens is 1. The second-order valence-corrected chi connectivity index (χ2v) is 5.39. The van der Waals surface area contributed by atoms with Gasteiger partial charge in [-0.1, -0.05) is 39.0 Å². The van der Waals surface area contributed by atoms with Gasteiger partial charge in [-0.3, -0.25) is 0 Å². The molecule has 0 heterocycles. The molecule has 4 heteroatoms. The largest absolute Gasteiger partial charge is 0.369 e. The second-order valence-electron chi connectivity index (χ2n) is 5.39. The molecule has 0 radical (unpaired) electrons. The molecule has 0 atom stereocenters. The Morgan fingerprint density at radius 2 is 1.52 bits per heavy atom. The molecule has 0 amide bonds. The van der Waals surface area contributed by atoms with Crippen molar-refractivity contribution in [2.45, 2.75) is 40.0 Å². The summed E-state index contributed by atoms with van der Waals surface area (Å²) in [5.74, 6) is 0.420. The summed E-state index contributed by atoms with van der Waals surface area (Å²) >= 11 is 0. The molecule has 0 aliphatic heterocycles. The zero-order chi connectivity index (χ0) is 15.9. The number of guanidine groups is 1. The molecule has 2 aromatic rings. The van der Waals surface area contributed by atoms with Gasteiger partial charge in [-0.25, -0.2) is 4.99 Å². The highest BCUT2D eigenvalue weighted by Crippen LogP contribution is 2.18. The number of anilines is 1. The molecule has 23 heavy (non-hydrogen) atoms. The van der Waals surface area contributed by atoms with Gasteiger partial charge in [0.25, 0.3) is 0 Å². The molecule has 0 unspecified atom stereocenters. The van der Waals surface area contributed by atoms with Crippen LogP contribution in [0.4, 0.5) is 11.4 Å². The molecular weight excluding hydrogens is 306 g/mol. The first kappa shape index (κ1) is 19.0. The fourth-order valence-electron chi connectivity index (χ4n) is 2.40. The lowest BCUT2D eigenvalue weighted by atomic mass is 10.1. The van der Waals surface area contributed by atoms with Crippen LogP contribution in [-0.2, 0) is 19.3 Å². The molecular formula is C19H26ClN3. The lowest BCUT2D eigenvalue weighted by Gasteiger charge is -2.10. The maximum Gasteiger partial charge on any atom is 0.198 e. The van der Waals surface area contributed by atoms with E-state index in [9.17, 15) is 0 Å². The fourth-order valence-corrected chi connectivity index (χ4v) is 2.40. The predicted octanol–water partition coefficient (Wildman–Crippen LogP) is 4.85. The van der Waals surface area contributed by atoms with Crippen molar-refractivity contribution in [1.82, 2.24) is 0 Å². The average Bonchev–Trinajstić information content (AvgIpc) is 2.54. The Balaban J connectivity index is 0.00000264. The number of aliphatic imine (C=N–C) groups is 1. The summed E-state index contributed by atoms with van der Waals surface area (Å²) in [4.78, 5) is 4.46. The van der Waals surface area contributed by atoms with E-state index in [1.807, 2.05) is 12.1 Å². The van der Waals surface area contributed by atoms with Crippen molar-refractivity contribution in [3.8, 4) is 0 Å². The topological polar surface area (TPSA) is 50.4 Å². The summed E-state index contributed by atoms with van der Waals surface area (Å²) in [7, 11) is 0. The van der Waals surface area contributed by atoms with Crippen LogP contribution >= 0.6 is 12.4 Å². The molecule has 0 saturated carbocycles. The molecule has 0 aliphatic carbocycles. The van der Waals surface area contributed by atoms with Gasteiger partial charge in [-0.2, -0.15) is 0 Å². The first-order chi connectivity index (χ1) is 10.6. The first-order valence-corrected chi connectivity index (χ1v) is 7.97. The minimum absolute atomic E-state index is 0. The number of hydrogen-bond donors (Lipinski definition) is 2. The maximum atomic E-state index is 6.05. The highest BCUT2D eigenvalue weighted by Gasteiger charge is 2.01. The second kappa shape index (κ2) is 9.21. The summed E-state index contributed by atoms with van der Waals surface area (Å²) in [5, 5.41) is 3.21. The van der Waals surface area contributed by atoms with E-state index in [1.165, 1.54) is 16.7 Å². The molecule has 0 fully saturated rings. The molecule has 0 aromatic heterocycles. The van der Waals surface area contributed by atoms with Gasteiger partial charge in [0.2, 0.25) is 0 Å². The van der Waals surface area contributed by atoms with Crippen LogP contribution in [0.3, 0.4) is 0 Å². The highest BCUT2D eigenvalue weighted by atomic mass is 35.5. The van der Waals surface area contributed by atoms with Crippen LogP contribution in [-0.4, -0.2) is 5.96 Å². The molecule has 3 N–H and O–H groups in total. The van der Waals surface area contributed by atoms with Crippen molar-refractivity contribution in [3.05, 3.63) is 59.2 Å². The van der Waals surface area contributed by atoms with Crippen molar-refractivity contribution in [3.63, 3.8) is 0 Å². The number of hydrogen-bond acceptors (Lipinski definition) is 1. The first-order valence-electron chi connectivity index (χ1n) is 7.97. The third kappa shape index (κ3) is 5.61. The van der Waals surface area contributed by atoms with Crippen molar-refractivity contribution in [1.29, 1.82) is 0 Å². The van der Waals surface area contributed by atoms with Crippen LogP contribution in [0, 0.1) is 0 Å². The number of rotatable bonds is 5. The Labute approximate surface area is 145 Å². The molecule has 2 rings (SSSR count). The van der Waals surface area contributed by atoms with Gasteiger partial charge < -0.3 is 11.1 Å². The van der Waals surface area contributed by atoms with Crippen LogP contribution in [0.25, 0.3) is 0 Å². The monoisotopic (exact) mass is 331 g/mol. The zero-order valence-corrected chi connectivity index (χ0v) is 14.9. The standard InChI is InChI=1S/C19H25N3.ClH/c1-4-14-8-7-9-17(11-14)21-19(20)22-18-12-15(5-2)10-16(6-3)13-18;/h7-13H,4-6H2,1-3H3,(H3,20,21,22);1H. The number of nitrogens with zero attached hydrogens (tertiary/aromatic N) is 1. The van der Waals surface area contributed by atoms with E-state index in [2.05, 4.69) is 61.4 Å². The minimum Gasteiger partial charge on any atom is -0.369 e. The number of aryl methyl sites for hydroxylation is 3. The predicted molar refractivity (Wildman–Crippen MR) is 103 cm³/mol. The van der Waals surface area contributed by atoms with Gasteiger partial charge in [0, 0.05) is 5.69 Å². The van der Waals surface area contributed by atoms with Crippen molar-refractivity contribution >= 4 is 29.7 Å². The smallest absolute Gasteiger partial charge is 0.198 e. The molecule has 0 spiro atoms. The van der Waals surface area contributed by atoms with Gasteiger partial charge in [-0.15, -0.1) is 12.4 Å². The van der Waals surface area contributed by atoms with E-state index in [1.54, 1.807) is 0 Å². The average molecular weight is 332 g/mol. The maximum absolute atomic E-state index is 6.05. The minimum atomic E-state index is 0. The third-order valence-corrected chi connectivity index (χ3v) is 3.71. The van der Waals surface area contributed by atoms with Gasteiger partial charge >= 0.3 is 0 Å². The van der Waals surface area contributed by atoms with Crippen molar-refractivity contribution in [2.24, 2.45) is 10.7 Å². The zero-order valence-electron chi connectivity index (χ0n) is 14.1. The third-order valence-electron chi connectivity index (χ3n) is 3.71. The Morgan fingerprint density at radius 1 is 0.913 bits per heavy atom. The summed E-state index contributed by atoms with van der Waals surface area (Å²) in [5.41, 5.74) is 11.8. The Hall–Kier alpha value is -2.00. The highest BCUT2D eigenvalue weighted by molar-refractivity contribution is 5.94. The molecule has 0 bridgehead atoms. The number of nitrogens with one attached hydrogen (secondary N) is 1. The van der Waals surface area contributed by atoms with E-state index in [-0.39, 0.29) is 12.4 Å². The molecule has 0 saturated heterocycles. The van der Waals surface area contributed by atoms with Gasteiger partial charge in [0.1, 0.15) is 0 Å². The van der Waals surface area contributed by atoms with Crippen LogP contribution < -0.4 is 11.1 Å². The van der Waals surface area contributed by atoms with Crippen LogP contribution in [0.15, 0.2) is 47.5 Å². The SMILES string of the molecule is CCc1cccc(N=C(N)Nc2cc(CC)cc(CC)c2)c1.Cl. The summed E-state index contributed by atoms with van der Waals surface area (Å²) < 4.78 is 0. The Kier molecular flexibility index (Phi) is 7.63. The van der Waals surface area contributed by atoms with E-state index in [4.69, 9.17) is 5.73 Å². The number of benzene rings is 2. The lowest BCUT2D eigenvalue weighted by Crippen LogP contribution is -2.22. The van der Waals surface area contributed by atoms with Gasteiger partial charge in [-0.05, 0) is 60.2 Å². The quantitative estimate of drug-likeness (QED) is 0.607. The normalized spacial score (nSPS) is 11.0. The van der Waals surface area contributed by atoms with Gasteiger partial charge in [0.05, 0.1) is 5.69 Å². The lowest BCUT2D eigenvalue weighted by molar-refractivity contribution is 1.09. The van der Waals surface area contributed by atoms with Crippen LogP contribution in [0.2, 0.25) is 0 Å². The molecule has 0 aliphatic rings. The Bertz CT molecular complexity index is 643.